The first-order chi connectivity index (χ1) is 9.18. The molecule has 6 heteroatoms. The molecule has 0 bridgehead atoms. The number of rotatable bonds is 4. The molecule has 1 unspecified atom stereocenters. The Kier molecular flexibility index (Phi) is 4.41. The second kappa shape index (κ2) is 5.92. The number of hydrogen-bond donors (Lipinski definition) is 0. The van der Waals surface area contributed by atoms with Crippen LogP contribution in [0, 0.1) is 0 Å². The third-order valence-corrected chi connectivity index (χ3v) is 7.97. The van der Waals surface area contributed by atoms with Crippen LogP contribution in [0.25, 0.3) is 0 Å². The lowest BCUT2D eigenvalue weighted by molar-refractivity contribution is 0.243. The van der Waals surface area contributed by atoms with E-state index in [-0.39, 0.29) is 11.3 Å². The molecule has 0 aromatic heterocycles. The number of thioether (sulfide) groups is 1. The van der Waals surface area contributed by atoms with Crippen LogP contribution in [0.2, 0.25) is 0 Å². The van der Waals surface area contributed by atoms with Gasteiger partial charge in [-0.2, -0.15) is 16.1 Å². The molecule has 19 heavy (non-hydrogen) atoms. The lowest BCUT2D eigenvalue weighted by Gasteiger charge is -2.31. The lowest BCUT2D eigenvalue weighted by Crippen LogP contribution is -2.48. The van der Waals surface area contributed by atoms with E-state index in [4.69, 9.17) is 0 Å². The maximum atomic E-state index is 12.6. The third-order valence-electron chi connectivity index (χ3n) is 4.32. The smallest absolute Gasteiger partial charge is 0.217 e. The molecular weight excluding hydrogens is 280 g/mol. The molecule has 0 radical (unpaired) electrons. The van der Waals surface area contributed by atoms with Crippen molar-refractivity contribution in [2.45, 2.75) is 43.4 Å². The molecule has 3 fully saturated rings. The Morgan fingerprint density at radius 1 is 1.05 bits per heavy atom. The molecule has 0 aromatic carbocycles. The van der Waals surface area contributed by atoms with E-state index in [2.05, 4.69) is 4.90 Å². The van der Waals surface area contributed by atoms with Crippen molar-refractivity contribution in [3.63, 3.8) is 0 Å². The second-order valence-corrected chi connectivity index (χ2v) is 9.26. The van der Waals surface area contributed by atoms with E-state index in [1.807, 2.05) is 16.1 Å². The summed E-state index contributed by atoms with van der Waals surface area (Å²) in [5.41, 5.74) is 0. The number of hydrogen-bond acceptors (Lipinski definition) is 4. The molecule has 4 nitrogen and oxygen atoms in total. The first-order valence-electron chi connectivity index (χ1n) is 7.49. The monoisotopic (exact) mass is 304 g/mol. The molecule has 0 amide bonds. The van der Waals surface area contributed by atoms with Gasteiger partial charge in [0.2, 0.25) is 10.0 Å². The van der Waals surface area contributed by atoms with Crippen LogP contribution in [0.5, 0.6) is 0 Å². The van der Waals surface area contributed by atoms with Crippen molar-refractivity contribution in [2.24, 2.45) is 0 Å². The van der Waals surface area contributed by atoms with Crippen LogP contribution in [-0.2, 0) is 10.0 Å². The number of likely N-dealkylation sites (tertiary alicyclic amines) is 1. The van der Waals surface area contributed by atoms with Crippen LogP contribution < -0.4 is 0 Å². The molecule has 3 aliphatic rings. The minimum atomic E-state index is -3.01. The topological polar surface area (TPSA) is 40.6 Å². The quantitative estimate of drug-likeness (QED) is 0.787. The molecular formula is C13H24N2O2S2. The highest BCUT2D eigenvalue weighted by molar-refractivity contribution is 7.99. The van der Waals surface area contributed by atoms with Gasteiger partial charge in [0.1, 0.15) is 0 Å². The van der Waals surface area contributed by atoms with Gasteiger partial charge in [0.05, 0.1) is 5.25 Å². The van der Waals surface area contributed by atoms with Crippen LogP contribution in [0.1, 0.15) is 32.1 Å². The van der Waals surface area contributed by atoms with Gasteiger partial charge in [-0.3, -0.25) is 0 Å². The Bertz CT molecular complexity index is 403. The lowest BCUT2D eigenvalue weighted by atomic mass is 10.3. The fourth-order valence-corrected chi connectivity index (χ4v) is 6.31. The van der Waals surface area contributed by atoms with Gasteiger partial charge in [-0.15, -0.1) is 0 Å². The molecule has 2 aliphatic heterocycles. The van der Waals surface area contributed by atoms with Crippen molar-refractivity contribution in [2.75, 3.05) is 37.7 Å². The van der Waals surface area contributed by atoms with E-state index in [0.717, 1.165) is 56.9 Å². The first-order valence-corrected chi connectivity index (χ1v) is 10.1. The van der Waals surface area contributed by atoms with Gasteiger partial charge < -0.3 is 4.90 Å². The van der Waals surface area contributed by atoms with E-state index in [1.54, 1.807) is 0 Å². The largest absolute Gasteiger partial charge is 0.302 e. The van der Waals surface area contributed by atoms with Gasteiger partial charge in [-0.05, 0) is 50.9 Å². The minimum absolute atomic E-state index is 0.0586. The summed E-state index contributed by atoms with van der Waals surface area (Å²) in [6.45, 7) is 3.99. The Morgan fingerprint density at radius 3 is 2.47 bits per heavy atom. The van der Waals surface area contributed by atoms with Crippen LogP contribution in [-0.4, -0.2) is 66.6 Å². The van der Waals surface area contributed by atoms with Crippen LogP contribution in [0.3, 0.4) is 0 Å². The maximum Gasteiger partial charge on any atom is 0.217 e. The molecule has 3 rings (SSSR count). The Morgan fingerprint density at radius 2 is 1.79 bits per heavy atom. The van der Waals surface area contributed by atoms with Crippen LogP contribution in [0.15, 0.2) is 0 Å². The van der Waals surface area contributed by atoms with Crippen molar-refractivity contribution >= 4 is 21.8 Å². The average Bonchev–Trinajstić information content (AvgIpc) is 3.15. The molecule has 0 spiro atoms. The van der Waals surface area contributed by atoms with Gasteiger partial charge in [-0.25, -0.2) is 8.42 Å². The summed E-state index contributed by atoms with van der Waals surface area (Å²) in [6, 6.07) is 0.205. The molecule has 2 heterocycles. The summed E-state index contributed by atoms with van der Waals surface area (Å²) in [5, 5.41) is -0.0586. The molecule has 1 atom stereocenters. The zero-order valence-electron chi connectivity index (χ0n) is 11.5. The standard InChI is InChI=1S/C13H24N2O2S2/c16-19(17,13-4-5-13)15-8-3-9-18-11-12(15)10-14-6-1-2-7-14/h12-13H,1-11H2. The second-order valence-electron chi connectivity index (χ2n) is 5.95. The molecule has 0 aromatic rings. The van der Waals surface area contributed by atoms with E-state index in [1.165, 1.54) is 12.8 Å². The summed E-state index contributed by atoms with van der Waals surface area (Å²) in [4.78, 5) is 2.45. The molecule has 110 valence electrons. The summed E-state index contributed by atoms with van der Waals surface area (Å²) in [6.07, 6.45) is 5.31. The highest BCUT2D eigenvalue weighted by atomic mass is 32.2. The Hall–Kier alpha value is 0.220. The summed E-state index contributed by atoms with van der Waals surface area (Å²) >= 11 is 1.93. The fourth-order valence-electron chi connectivity index (χ4n) is 3.11. The van der Waals surface area contributed by atoms with Crippen LogP contribution in [0.4, 0.5) is 0 Å². The zero-order valence-corrected chi connectivity index (χ0v) is 13.1. The highest BCUT2D eigenvalue weighted by Crippen LogP contribution is 2.34. The predicted octanol–water partition coefficient (Wildman–Crippen LogP) is 1.38. The predicted molar refractivity (Wildman–Crippen MR) is 80.1 cm³/mol. The maximum absolute atomic E-state index is 12.6. The SMILES string of the molecule is O=S(=O)(C1CC1)N1CCCSCC1CN1CCCC1. The van der Waals surface area contributed by atoms with Gasteiger partial charge in [0.15, 0.2) is 0 Å². The Labute approximate surface area is 121 Å². The molecule has 2 saturated heterocycles. The van der Waals surface area contributed by atoms with Crippen LogP contribution >= 0.6 is 11.8 Å². The average molecular weight is 304 g/mol. The van der Waals surface area contributed by atoms with E-state index in [0.29, 0.717) is 0 Å². The summed E-state index contributed by atoms with van der Waals surface area (Å²) in [7, 11) is -3.01. The number of sulfonamides is 1. The molecule has 1 saturated carbocycles. The van der Waals surface area contributed by atoms with Crippen molar-refractivity contribution < 1.29 is 8.42 Å². The normalized spacial score (nSPS) is 31.5. The summed E-state index contributed by atoms with van der Waals surface area (Å²) < 4.78 is 27.0. The summed E-state index contributed by atoms with van der Waals surface area (Å²) in [5.74, 6) is 2.08. The van der Waals surface area contributed by atoms with Gasteiger partial charge >= 0.3 is 0 Å². The van der Waals surface area contributed by atoms with Crippen molar-refractivity contribution in [1.82, 2.24) is 9.21 Å². The fraction of sp³-hybridized carbons (Fsp3) is 1.00. The Balaban J connectivity index is 1.72. The van der Waals surface area contributed by atoms with Crippen molar-refractivity contribution in [3.05, 3.63) is 0 Å². The minimum Gasteiger partial charge on any atom is -0.302 e. The zero-order chi connectivity index (χ0) is 13.3. The van der Waals surface area contributed by atoms with Gasteiger partial charge in [-0.1, -0.05) is 0 Å². The van der Waals surface area contributed by atoms with E-state index >= 15 is 0 Å². The van der Waals surface area contributed by atoms with E-state index in [9.17, 15) is 8.42 Å². The number of nitrogens with zero attached hydrogens (tertiary/aromatic N) is 2. The molecule has 0 N–H and O–H groups in total. The van der Waals surface area contributed by atoms with Crippen molar-refractivity contribution in [1.29, 1.82) is 0 Å². The van der Waals surface area contributed by atoms with Gasteiger partial charge in [0.25, 0.3) is 0 Å². The molecule has 1 aliphatic carbocycles. The van der Waals surface area contributed by atoms with Gasteiger partial charge in [0, 0.05) is 24.9 Å². The van der Waals surface area contributed by atoms with E-state index < -0.39 is 10.0 Å². The van der Waals surface area contributed by atoms with Crippen molar-refractivity contribution in [3.8, 4) is 0 Å². The highest BCUT2D eigenvalue weighted by Gasteiger charge is 2.43. The first kappa shape index (κ1) is 14.2. The third kappa shape index (κ3) is 3.28.